The Bertz CT molecular complexity index is 147. The Balaban J connectivity index is 2.72. The molecule has 2 nitrogen and oxygen atoms in total. The third kappa shape index (κ3) is 1.78. The molecule has 1 aliphatic heterocycles. The predicted molar refractivity (Wildman–Crippen MR) is 54.3 cm³/mol. The van der Waals surface area contributed by atoms with Crippen molar-refractivity contribution in [2.24, 2.45) is 11.1 Å². The molecule has 3 heteroatoms. The number of nitrogens with two attached hydrogens (primary N) is 1. The monoisotopic (exact) mass is 189 g/mol. The van der Waals surface area contributed by atoms with Crippen molar-refractivity contribution in [2.75, 3.05) is 18.1 Å². The van der Waals surface area contributed by atoms with Crippen molar-refractivity contribution in [3.63, 3.8) is 0 Å². The molecule has 0 amide bonds. The van der Waals surface area contributed by atoms with E-state index in [1.54, 1.807) is 0 Å². The first-order valence-corrected chi connectivity index (χ1v) is 5.65. The summed E-state index contributed by atoms with van der Waals surface area (Å²) in [5, 5.41) is 8.99. The lowest BCUT2D eigenvalue weighted by molar-refractivity contribution is 0.127. The number of rotatable bonds is 3. The Labute approximate surface area is 78.9 Å². The summed E-state index contributed by atoms with van der Waals surface area (Å²) >= 11 is 1.96. The molecule has 0 bridgehead atoms. The van der Waals surface area contributed by atoms with Gasteiger partial charge in [-0.1, -0.05) is 0 Å². The van der Waals surface area contributed by atoms with E-state index in [0.29, 0.717) is 0 Å². The Morgan fingerprint density at radius 2 is 2.25 bits per heavy atom. The maximum Gasteiger partial charge on any atom is 0.0437 e. The molecule has 1 aliphatic rings. The van der Waals surface area contributed by atoms with Crippen molar-refractivity contribution in [3.05, 3.63) is 0 Å². The van der Waals surface area contributed by atoms with Crippen LogP contribution in [0.5, 0.6) is 0 Å². The van der Waals surface area contributed by atoms with E-state index >= 15 is 0 Å². The molecule has 1 atom stereocenters. The van der Waals surface area contributed by atoms with Crippen LogP contribution in [0, 0.1) is 5.41 Å². The average Bonchev–Trinajstić information content (AvgIpc) is 2.36. The zero-order valence-electron chi connectivity index (χ0n) is 7.97. The van der Waals surface area contributed by atoms with Gasteiger partial charge in [0, 0.05) is 17.9 Å². The van der Waals surface area contributed by atoms with Gasteiger partial charge >= 0.3 is 0 Å². The van der Waals surface area contributed by atoms with Crippen LogP contribution in [0.2, 0.25) is 0 Å². The molecule has 0 saturated carbocycles. The molecule has 1 fully saturated rings. The molecule has 1 unspecified atom stereocenters. The van der Waals surface area contributed by atoms with Gasteiger partial charge in [-0.15, -0.1) is 0 Å². The van der Waals surface area contributed by atoms with Gasteiger partial charge in [0.05, 0.1) is 0 Å². The van der Waals surface area contributed by atoms with Crippen LogP contribution in [0.25, 0.3) is 0 Å². The van der Waals surface area contributed by atoms with E-state index in [-0.39, 0.29) is 17.6 Å². The van der Waals surface area contributed by atoms with Gasteiger partial charge in [0.2, 0.25) is 0 Å². The molecule has 0 aromatic carbocycles. The smallest absolute Gasteiger partial charge is 0.0437 e. The molecule has 0 radical (unpaired) electrons. The zero-order valence-corrected chi connectivity index (χ0v) is 8.78. The Morgan fingerprint density at radius 1 is 1.58 bits per heavy atom. The van der Waals surface area contributed by atoms with Gasteiger partial charge in [0.15, 0.2) is 0 Å². The van der Waals surface area contributed by atoms with Gasteiger partial charge in [0.1, 0.15) is 0 Å². The molecule has 72 valence electrons. The van der Waals surface area contributed by atoms with Crippen LogP contribution >= 0.6 is 11.8 Å². The summed E-state index contributed by atoms with van der Waals surface area (Å²) in [7, 11) is 0. The molecule has 0 aliphatic carbocycles. The van der Waals surface area contributed by atoms with E-state index in [2.05, 4.69) is 13.8 Å². The number of hydrogen-bond donors (Lipinski definition) is 2. The molecular formula is C9H19NOS. The van der Waals surface area contributed by atoms with Crippen molar-refractivity contribution in [2.45, 2.75) is 32.2 Å². The van der Waals surface area contributed by atoms with E-state index in [0.717, 1.165) is 18.6 Å². The minimum Gasteiger partial charge on any atom is -0.396 e. The average molecular weight is 189 g/mol. The second-order valence-electron chi connectivity index (χ2n) is 4.28. The standard InChI is InChI=1S/C9H19NOS/c1-8(2,10)9(3-5-11)4-6-12-7-9/h11H,3-7,10H2,1-2H3. The quantitative estimate of drug-likeness (QED) is 0.702. The fraction of sp³-hybridized carbons (Fsp3) is 1.00. The molecule has 1 heterocycles. The summed E-state index contributed by atoms with van der Waals surface area (Å²) in [5.74, 6) is 2.30. The molecular weight excluding hydrogens is 170 g/mol. The van der Waals surface area contributed by atoms with Crippen LogP contribution in [0.4, 0.5) is 0 Å². The minimum absolute atomic E-state index is 0.154. The van der Waals surface area contributed by atoms with Crippen LogP contribution < -0.4 is 5.73 Å². The maximum atomic E-state index is 8.99. The zero-order chi connectivity index (χ0) is 9.24. The van der Waals surface area contributed by atoms with Gasteiger partial charge in [-0.25, -0.2) is 0 Å². The molecule has 12 heavy (non-hydrogen) atoms. The normalized spacial score (nSPS) is 31.0. The number of aliphatic hydroxyl groups is 1. The van der Waals surface area contributed by atoms with E-state index in [1.165, 1.54) is 5.75 Å². The molecule has 0 aromatic heterocycles. The van der Waals surface area contributed by atoms with E-state index in [9.17, 15) is 0 Å². The first-order valence-electron chi connectivity index (χ1n) is 4.49. The Morgan fingerprint density at radius 3 is 2.58 bits per heavy atom. The topological polar surface area (TPSA) is 46.2 Å². The lowest BCUT2D eigenvalue weighted by atomic mass is 9.69. The van der Waals surface area contributed by atoms with E-state index in [1.807, 2.05) is 11.8 Å². The molecule has 1 rings (SSSR count). The summed E-state index contributed by atoms with van der Waals surface area (Å²) in [5.41, 5.74) is 6.16. The van der Waals surface area contributed by atoms with Crippen molar-refractivity contribution in [1.29, 1.82) is 0 Å². The molecule has 0 aromatic rings. The van der Waals surface area contributed by atoms with Crippen molar-refractivity contribution in [3.8, 4) is 0 Å². The first kappa shape index (κ1) is 10.4. The van der Waals surface area contributed by atoms with Gasteiger partial charge in [-0.2, -0.15) is 11.8 Å². The summed E-state index contributed by atoms with van der Waals surface area (Å²) < 4.78 is 0. The highest BCUT2D eigenvalue weighted by molar-refractivity contribution is 7.99. The third-order valence-electron chi connectivity index (χ3n) is 3.06. The van der Waals surface area contributed by atoms with Gasteiger partial charge in [0.25, 0.3) is 0 Å². The minimum atomic E-state index is -0.154. The van der Waals surface area contributed by atoms with E-state index in [4.69, 9.17) is 10.8 Å². The number of aliphatic hydroxyl groups excluding tert-OH is 1. The van der Waals surface area contributed by atoms with Crippen LogP contribution in [-0.2, 0) is 0 Å². The second kappa shape index (κ2) is 3.56. The van der Waals surface area contributed by atoms with Gasteiger partial charge < -0.3 is 10.8 Å². The van der Waals surface area contributed by atoms with Crippen molar-refractivity contribution >= 4 is 11.8 Å². The highest BCUT2D eigenvalue weighted by atomic mass is 32.2. The highest BCUT2D eigenvalue weighted by Crippen LogP contribution is 2.45. The SMILES string of the molecule is CC(C)(N)C1(CCO)CCSC1. The summed E-state index contributed by atoms with van der Waals surface area (Å²) in [6, 6.07) is 0. The predicted octanol–water partition coefficient (Wildman–Crippen LogP) is 1.23. The van der Waals surface area contributed by atoms with Crippen LogP contribution in [0.3, 0.4) is 0 Å². The summed E-state index contributed by atoms with van der Waals surface area (Å²) in [6.07, 6.45) is 2.01. The highest BCUT2D eigenvalue weighted by Gasteiger charge is 2.44. The Kier molecular flexibility index (Phi) is 3.07. The van der Waals surface area contributed by atoms with Crippen LogP contribution in [0.1, 0.15) is 26.7 Å². The summed E-state index contributed by atoms with van der Waals surface area (Å²) in [4.78, 5) is 0. The van der Waals surface area contributed by atoms with Gasteiger partial charge in [-0.05, 0) is 37.9 Å². The maximum absolute atomic E-state index is 8.99. The van der Waals surface area contributed by atoms with Crippen molar-refractivity contribution in [1.82, 2.24) is 0 Å². The molecule has 1 saturated heterocycles. The molecule has 3 N–H and O–H groups in total. The Hall–Kier alpha value is 0.270. The van der Waals surface area contributed by atoms with E-state index < -0.39 is 0 Å². The fourth-order valence-corrected chi connectivity index (χ4v) is 3.58. The van der Waals surface area contributed by atoms with Crippen molar-refractivity contribution < 1.29 is 5.11 Å². The first-order chi connectivity index (χ1) is 5.52. The van der Waals surface area contributed by atoms with Crippen LogP contribution in [-0.4, -0.2) is 28.8 Å². The molecule has 0 spiro atoms. The lowest BCUT2D eigenvalue weighted by Crippen LogP contribution is -2.51. The number of hydrogen-bond acceptors (Lipinski definition) is 3. The van der Waals surface area contributed by atoms with Crippen LogP contribution in [0.15, 0.2) is 0 Å². The third-order valence-corrected chi connectivity index (χ3v) is 4.31. The lowest BCUT2D eigenvalue weighted by Gasteiger charge is -2.40. The largest absolute Gasteiger partial charge is 0.396 e. The summed E-state index contributed by atoms with van der Waals surface area (Å²) in [6.45, 7) is 4.42. The number of thioether (sulfide) groups is 1. The van der Waals surface area contributed by atoms with Gasteiger partial charge in [-0.3, -0.25) is 0 Å². The fourth-order valence-electron chi connectivity index (χ4n) is 1.85. The second-order valence-corrected chi connectivity index (χ2v) is 5.38.